The van der Waals surface area contributed by atoms with Crippen LogP contribution in [0.4, 0.5) is 0 Å². The first-order valence-electron chi connectivity index (χ1n) is 5.22. The first-order valence-corrected chi connectivity index (χ1v) is 5.22. The summed E-state index contributed by atoms with van der Waals surface area (Å²) in [6.45, 7) is 7.99. The average Bonchev–Trinajstić information content (AvgIpc) is 2.17. The van der Waals surface area contributed by atoms with Crippen molar-refractivity contribution in [2.24, 2.45) is 11.7 Å². The number of hydrogen-bond acceptors (Lipinski definition) is 2. The molecule has 1 unspecified atom stereocenters. The van der Waals surface area contributed by atoms with Gasteiger partial charge in [0, 0.05) is 6.04 Å². The van der Waals surface area contributed by atoms with Crippen LogP contribution in [0.3, 0.4) is 0 Å². The first kappa shape index (κ1) is 13.2. The third kappa shape index (κ3) is 3.84. The minimum absolute atomic E-state index is 0. The number of piperidine rings is 1. The standard InChI is InChI=1S/C10H22N2.ClH/c1-3-9(2)12-6-4-10(8-11)5-7-12;/h9-10H,3-8,11H2,1-2H3;1H. The summed E-state index contributed by atoms with van der Waals surface area (Å²) in [6.07, 6.45) is 3.88. The van der Waals surface area contributed by atoms with Crippen LogP contribution >= 0.6 is 12.4 Å². The van der Waals surface area contributed by atoms with Gasteiger partial charge in [-0.15, -0.1) is 12.4 Å². The lowest BCUT2D eigenvalue weighted by molar-refractivity contribution is 0.140. The Morgan fingerprint density at radius 3 is 2.31 bits per heavy atom. The molecule has 1 heterocycles. The fourth-order valence-electron chi connectivity index (χ4n) is 1.89. The van der Waals surface area contributed by atoms with Crippen LogP contribution in [-0.4, -0.2) is 30.6 Å². The molecule has 0 radical (unpaired) electrons. The van der Waals surface area contributed by atoms with Crippen molar-refractivity contribution in [2.75, 3.05) is 19.6 Å². The van der Waals surface area contributed by atoms with Crippen LogP contribution in [0.2, 0.25) is 0 Å². The molecular formula is C10H23ClN2. The van der Waals surface area contributed by atoms with Gasteiger partial charge in [0.25, 0.3) is 0 Å². The predicted molar refractivity (Wildman–Crippen MR) is 60.4 cm³/mol. The largest absolute Gasteiger partial charge is 0.330 e. The summed E-state index contributed by atoms with van der Waals surface area (Å²) in [5, 5.41) is 0. The van der Waals surface area contributed by atoms with E-state index in [4.69, 9.17) is 5.73 Å². The van der Waals surface area contributed by atoms with E-state index in [1.807, 2.05) is 0 Å². The lowest BCUT2D eigenvalue weighted by Gasteiger charge is -2.35. The smallest absolute Gasteiger partial charge is 0.00643 e. The van der Waals surface area contributed by atoms with E-state index in [2.05, 4.69) is 18.7 Å². The molecule has 3 heteroatoms. The Bertz CT molecular complexity index is 122. The highest BCUT2D eigenvalue weighted by Gasteiger charge is 2.20. The highest BCUT2D eigenvalue weighted by Crippen LogP contribution is 2.18. The van der Waals surface area contributed by atoms with E-state index in [0.29, 0.717) is 0 Å². The number of likely N-dealkylation sites (tertiary alicyclic amines) is 1. The van der Waals surface area contributed by atoms with E-state index in [9.17, 15) is 0 Å². The molecule has 0 aromatic carbocycles. The van der Waals surface area contributed by atoms with Crippen molar-refractivity contribution in [1.29, 1.82) is 0 Å². The second kappa shape index (κ2) is 6.63. The Kier molecular flexibility index (Phi) is 6.74. The molecule has 2 nitrogen and oxygen atoms in total. The minimum atomic E-state index is 0. The van der Waals surface area contributed by atoms with E-state index >= 15 is 0 Å². The van der Waals surface area contributed by atoms with E-state index in [1.165, 1.54) is 32.4 Å². The van der Waals surface area contributed by atoms with Gasteiger partial charge >= 0.3 is 0 Å². The van der Waals surface area contributed by atoms with Crippen LogP contribution in [0, 0.1) is 5.92 Å². The molecule has 0 aromatic rings. The molecule has 13 heavy (non-hydrogen) atoms. The normalized spacial score (nSPS) is 22.4. The lowest BCUT2D eigenvalue weighted by Crippen LogP contribution is -2.41. The van der Waals surface area contributed by atoms with E-state index in [-0.39, 0.29) is 12.4 Å². The third-order valence-corrected chi connectivity index (χ3v) is 3.20. The summed E-state index contributed by atoms with van der Waals surface area (Å²) in [4.78, 5) is 2.59. The molecule has 1 atom stereocenters. The predicted octanol–water partition coefficient (Wildman–Crippen LogP) is 1.88. The number of nitrogens with two attached hydrogens (primary N) is 1. The van der Waals surface area contributed by atoms with E-state index < -0.39 is 0 Å². The van der Waals surface area contributed by atoms with Gasteiger partial charge in [0.1, 0.15) is 0 Å². The molecule has 0 bridgehead atoms. The fraction of sp³-hybridized carbons (Fsp3) is 1.00. The van der Waals surface area contributed by atoms with Gasteiger partial charge in [-0.25, -0.2) is 0 Å². The summed E-state index contributed by atoms with van der Waals surface area (Å²) < 4.78 is 0. The highest BCUT2D eigenvalue weighted by atomic mass is 35.5. The highest BCUT2D eigenvalue weighted by molar-refractivity contribution is 5.85. The first-order chi connectivity index (χ1) is 5.77. The molecule has 1 aliphatic rings. The van der Waals surface area contributed by atoms with Gasteiger partial charge in [0.2, 0.25) is 0 Å². The van der Waals surface area contributed by atoms with Crippen LogP contribution in [0.1, 0.15) is 33.1 Å². The molecule has 1 saturated heterocycles. The Morgan fingerprint density at radius 2 is 1.92 bits per heavy atom. The van der Waals surface area contributed by atoms with Crippen molar-refractivity contribution in [1.82, 2.24) is 4.90 Å². The number of hydrogen-bond donors (Lipinski definition) is 1. The van der Waals surface area contributed by atoms with Crippen LogP contribution in [0.5, 0.6) is 0 Å². The molecule has 0 aromatic heterocycles. The zero-order valence-electron chi connectivity index (χ0n) is 8.83. The topological polar surface area (TPSA) is 29.3 Å². The molecule has 1 rings (SSSR count). The molecule has 1 aliphatic heterocycles. The summed E-state index contributed by atoms with van der Waals surface area (Å²) in [7, 11) is 0. The number of halogens is 1. The number of nitrogens with zero attached hydrogens (tertiary/aromatic N) is 1. The lowest BCUT2D eigenvalue weighted by atomic mass is 9.96. The zero-order valence-corrected chi connectivity index (χ0v) is 9.65. The Labute approximate surface area is 88.3 Å². The maximum absolute atomic E-state index is 5.64. The van der Waals surface area contributed by atoms with Crippen molar-refractivity contribution in [3.63, 3.8) is 0 Å². The molecule has 0 amide bonds. The summed E-state index contributed by atoms with van der Waals surface area (Å²) in [5.74, 6) is 0.797. The van der Waals surface area contributed by atoms with Crippen LogP contribution in [-0.2, 0) is 0 Å². The van der Waals surface area contributed by atoms with Gasteiger partial charge in [-0.1, -0.05) is 6.92 Å². The van der Waals surface area contributed by atoms with Crippen molar-refractivity contribution in [2.45, 2.75) is 39.2 Å². The molecular weight excluding hydrogens is 184 g/mol. The maximum Gasteiger partial charge on any atom is 0.00643 e. The van der Waals surface area contributed by atoms with E-state index in [0.717, 1.165) is 18.5 Å². The van der Waals surface area contributed by atoms with Crippen molar-refractivity contribution in [3.05, 3.63) is 0 Å². The van der Waals surface area contributed by atoms with Gasteiger partial charge in [-0.3, -0.25) is 0 Å². The molecule has 80 valence electrons. The zero-order chi connectivity index (χ0) is 8.97. The summed E-state index contributed by atoms with van der Waals surface area (Å²) in [5.41, 5.74) is 5.64. The van der Waals surface area contributed by atoms with Gasteiger partial charge in [0.05, 0.1) is 0 Å². The number of rotatable bonds is 3. The van der Waals surface area contributed by atoms with Crippen molar-refractivity contribution in [3.8, 4) is 0 Å². The third-order valence-electron chi connectivity index (χ3n) is 3.20. The second-order valence-electron chi connectivity index (χ2n) is 3.97. The van der Waals surface area contributed by atoms with E-state index in [1.54, 1.807) is 0 Å². The Balaban J connectivity index is 0.00000144. The summed E-state index contributed by atoms with van der Waals surface area (Å²) >= 11 is 0. The van der Waals surface area contributed by atoms with Crippen molar-refractivity contribution >= 4 is 12.4 Å². The minimum Gasteiger partial charge on any atom is -0.330 e. The maximum atomic E-state index is 5.64. The Morgan fingerprint density at radius 1 is 1.38 bits per heavy atom. The Hall–Kier alpha value is 0.210. The molecule has 0 aliphatic carbocycles. The molecule has 0 spiro atoms. The van der Waals surface area contributed by atoms with Crippen LogP contribution in [0.25, 0.3) is 0 Å². The van der Waals surface area contributed by atoms with Gasteiger partial charge in [0.15, 0.2) is 0 Å². The monoisotopic (exact) mass is 206 g/mol. The van der Waals surface area contributed by atoms with Crippen LogP contribution in [0.15, 0.2) is 0 Å². The van der Waals surface area contributed by atoms with Crippen molar-refractivity contribution < 1.29 is 0 Å². The van der Waals surface area contributed by atoms with Gasteiger partial charge < -0.3 is 10.6 Å². The second-order valence-corrected chi connectivity index (χ2v) is 3.97. The SMILES string of the molecule is CCC(C)N1CCC(CN)CC1.Cl. The average molecular weight is 207 g/mol. The van der Waals surface area contributed by atoms with Crippen LogP contribution < -0.4 is 5.73 Å². The summed E-state index contributed by atoms with van der Waals surface area (Å²) in [6, 6.07) is 0.767. The van der Waals surface area contributed by atoms with Gasteiger partial charge in [-0.2, -0.15) is 0 Å². The molecule has 2 N–H and O–H groups in total. The quantitative estimate of drug-likeness (QED) is 0.764. The molecule has 0 saturated carbocycles. The fourth-order valence-corrected chi connectivity index (χ4v) is 1.89. The molecule has 1 fully saturated rings. The van der Waals surface area contributed by atoms with Gasteiger partial charge in [-0.05, 0) is 51.7 Å².